The molecular formula is C26H31N3O4. The molecule has 5 rings (SSSR count). The molecule has 33 heavy (non-hydrogen) atoms. The molecule has 4 heterocycles. The number of hydrogen-bond donors (Lipinski definition) is 0. The normalized spacial score (nSPS) is 18.7. The Morgan fingerprint density at radius 2 is 2.00 bits per heavy atom. The predicted molar refractivity (Wildman–Crippen MR) is 127 cm³/mol. The number of carbonyl (C=O) groups excluding carboxylic acids is 1. The van der Waals surface area contributed by atoms with E-state index in [1.807, 2.05) is 22.9 Å². The van der Waals surface area contributed by atoms with Gasteiger partial charge >= 0.3 is 0 Å². The first-order valence-electron chi connectivity index (χ1n) is 11.7. The minimum absolute atomic E-state index is 0.0413. The van der Waals surface area contributed by atoms with Gasteiger partial charge in [-0.1, -0.05) is 32.9 Å². The van der Waals surface area contributed by atoms with E-state index in [2.05, 4.69) is 25.3 Å². The minimum atomic E-state index is -0.254. The SMILES string of the molecule is CC(=O)c1cn2c(cc1=O)-c1c3cccc(OCC4CCOCC4)c3nn1CC2C(C)(C)C. The van der Waals surface area contributed by atoms with Crippen LogP contribution in [0.3, 0.4) is 0 Å². The molecule has 1 aromatic carbocycles. The number of carbonyl (C=O) groups is 1. The van der Waals surface area contributed by atoms with Gasteiger partial charge in [0.25, 0.3) is 0 Å². The molecule has 0 bridgehead atoms. The van der Waals surface area contributed by atoms with Crippen LogP contribution in [-0.4, -0.2) is 40.0 Å². The van der Waals surface area contributed by atoms with E-state index in [-0.39, 0.29) is 28.2 Å². The number of ether oxygens (including phenoxy) is 2. The molecule has 0 saturated carbocycles. The molecule has 0 N–H and O–H groups in total. The number of Topliss-reactive ketones (excluding diaryl/α,β-unsaturated/α-hetero) is 1. The van der Waals surface area contributed by atoms with Crippen LogP contribution in [0.4, 0.5) is 0 Å². The summed E-state index contributed by atoms with van der Waals surface area (Å²) in [4.78, 5) is 24.9. The summed E-state index contributed by atoms with van der Waals surface area (Å²) >= 11 is 0. The van der Waals surface area contributed by atoms with E-state index in [0.717, 1.165) is 54.1 Å². The molecule has 2 aromatic heterocycles. The quantitative estimate of drug-likeness (QED) is 0.549. The fourth-order valence-corrected chi connectivity index (χ4v) is 4.97. The number of ketones is 1. The van der Waals surface area contributed by atoms with Crippen LogP contribution in [0.5, 0.6) is 5.75 Å². The minimum Gasteiger partial charge on any atom is -0.491 e. The highest BCUT2D eigenvalue weighted by Crippen LogP contribution is 2.43. The van der Waals surface area contributed by atoms with Gasteiger partial charge in [0.15, 0.2) is 11.2 Å². The van der Waals surface area contributed by atoms with Crippen molar-refractivity contribution in [3.05, 3.63) is 46.2 Å². The second-order valence-electron chi connectivity index (χ2n) is 10.3. The number of pyridine rings is 1. The third-order valence-electron chi connectivity index (χ3n) is 6.93. The summed E-state index contributed by atoms with van der Waals surface area (Å²) in [6.07, 6.45) is 3.76. The van der Waals surface area contributed by atoms with Gasteiger partial charge in [-0.3, -0.25) is 14.3 Å². The fourth-order valence-electron chi connectivity index (χ4n) is 4.97. The van der Waals surface area contributed by atoms with Crippen molar-refractivity contribution in [3.8, 4) is 17.1 Å². The lowest BCUT2D eigenvalue weighted by Gasteiger charge is -2.38. The second-order valence-corrected chi connectivity index (χ2v) is 10.3. The average Bonchev–Trinajstić information content (AvgIpc) is 3.16. The van der Waals surface area contributed by atoms with Gasteiger partial charge in [-0.2, -0.15) is 5.10 Å². The van der Waals surface area contributed by atoms with Gasteiger partial charge in [-0.25, -0.2) is 0 Å². The maximum atomic E-state index is 12.8. The Morgan fingerprint density at radius 3 is 2.70 bits per heavy atom. The van der Waals surface area contributed by atoms with Gasteiger partial charge in [-0.05, 0) is 37.2 Å². The Balaban J connectivity index is 1.62. The van der Waals surface area contributed by atoms with Crippen LogP contribution >= 0.6 is 0 Å². The smallest absolute Gasteiger partial charge is 0.193 e. The Morgan fingerprint density at radius 1 is 1.24 bits per heavy atom. The first kappa shape index (κ1) is 21.9. The molecule has 1 atom stereocenters. The number of benzene rings is 1. The number of nitrogens with zero attached hydrogens (tertiary/aromatic N) is 3. The summed E-state index contributed by atoms with van der Waals surface area (Å²) in [5.41, 5.74) is 2.37. The van der Waals surface area contributed by atoms with E-state index < -0.39 is 0 Å². The van der Waals surface area contributed by atoms with Crippen LogP contribution in [0, 0.1) is 11.3 Å². The van der Waals surface area contributed by atoms with Crippen LogP contribution in [0.25, 0.3) is 22.3 Å². The number of rotatable bonds is 4. The molecular weight excluding hydrogens is 418 g/mol. The highest BCUT2D eigenvalue weighted by molar-refractivity contribution is 5.97. The Labute approximate surface area is 193 Å². The first-order chi connectivity index (χ1) is 15.7. The van der Waals surface area contributed by atoms with Gasteiger partial charge in [-0.15, -0.1) is 0 Å². The van der Waals surface area contributed by atoms with Crippen LogP contribution in [0.15, 0.2) is 35.3 Å². The lowest BCUT2D eigenvalue weighted by Crippen LogP contribution is -2.35. The summed E-state index contributed by atoms with van der Waals surface area (Å²) < 4.78 is 15.8. The number of fused-ring (bicyclic) bond motifs is 5. The molecule has 7 heteroatoms. The molecule has 2 aliphatic heterocycles. The van der Waals surface area contributed by atoms with Gasteiger partial charge in [0.2, 0.25) is 0 Å². The van der Waals surface area contributed by atoms with Crippen molar-refractivity contribution in [2.75, 3.05) is 19.8 Å². The molecule has 1 saturated heterocycles. The lowest BCUT2D eigenvalue weighted by molar-refractivity contribution is 0.0499. The fraction of sp³-hybridized carbons (Fsp3) is 0.500. The second kappa shape index (κ2) is 8.13. The van der Waals surface area contributed by atoms with Crippen molar-refractivity contribution in [2.24, 2.45) is 11.3 Å². The maximum absolute atomic E-state index is 12.8. The van der Waals surface area contributed by atoms with Crippen molar-refractivity contribution >= 4 is 16.7 Å². The number of hydrogen-bond acceptors (Lipinski definition) is 5. The third-order valence-corrected chi connectivity index (χ3v) is 6.93. The summed E-state index contributed by atoms with van der Waals surface area (Å²) in [6, 6.07) is 7.61. The van der Waals surface area contributed by atoms with E-state index in [1.165, 1.54) is 6.92 Å². The molecule has 1 unspecified atom stereocenters. The largest absolute Gasteiger partial charge is 0.491 e. The zero-order chi connectivity index (χ0) is 23.3. The first-order valence-corrected chi connectivity index (χ1v) is 11.7. The lowest BCUT2D eigenvalue weighted by atomic mass is 9.84. The highest BCUT2D eigenvalue weighted by Gasteiger charge is 2.35. The van der Waals surface area contributed by atoms with Gasteiger partial charge < -0.3 is 14.0 Å². The van der Waals surface area contributed by atoms with Crippen LogP contribution in [-0.2, 0) is 11.3 Å². The molecule has 0 aliphatic carbocycles. The molecule has 7 nitrogen and oxygen atoms in total. The van der Waals surface area contributed by atoms with Gasteiger partial charge in [0, 0.05) is 30.9 Å². The van der Waals surface area contributed by atoms with E-state index in [0.29, 0.717) is 19.1 Å². The molecule has 1 fully saturated rings. The standard InChI is InChI=1S/C26H31N3O4/c1-16(30)19-13-28-20(12-21(19)31)25-18-6-5-7-22(33-15-17-8-10-32-11-9-17)24(18)27-29(25)14-23(28)26(2,3)4/h5-7,12-13,17,23H,8-11,14-15H2,1-4H3. The molecule has 0 radical (unpaired) electrons. The van der Waals surface area contributed by atoms with E-state index >= 15 is 0 Å². The third kappa shape index (κ3) is 3.88. The number of aromatic nitrogens is 3. The topological polar surface area (TPSA) is 75.3 Å². The summed E-state index contributed by atoms with van der Waals surface area (Å²) in [6.45, 7) is 10.8. The molecule has 2 aliphatic rings. The van der Waals surface area contributed by atoms with E-state index in [9.17, 15) is 9.59 Å². The van der Waals surface area contributed by atoms with E-state index in [4.69, 9.17) is 14.6 Å². The average molecular weight is 450 g/mol. The summed E-state index contributed by atoms with van der Waals surface area (Å²) in [7, 11) is 0. The summed E-state index contributed by atoms with van der Waals surface area (Å²) in [5, 5.41) is 5.91. The molecule has 0 spiro atoms. The van der Waals surface area contributed by atoms with Crippen molar-refractivity contribution in [1.29, 1.82) is 0 Å². The van der Waals surface area contributed by atoms with Crippen LogP contribution in [0.2, 0.25) is 0 Å². The Kier molecular flexibility index (Phi) is 5.40. The van der Waals surface area contributed by atoms with Gasteiger partial charge in [0.05, 0.1) is 36.1 Å². The van der Waals surface area contributed by atoms with E-state index in [1.54, 1.807) is 12.3 Å². The zero-order valence-corrected chi connectivity index (χ0v) is 19.8. The Bertz CT molecular complexity index is 1280. The van der Waals surface area contributed by atoms with Crippen LogP contribution < -0.4 is 10.2 Å². The zero-order valence-electron chi connectivity index (χ0n) is 19.8. The summed E-state index contributed by atoms with van der Waals surface area (Å²) in [5.74, 6) is 1.04. The predicted octanol–water partition coefficient (Wildman–Crippen LogP) is 4.47. The van der Waals surface area contributed by atoms with Crippen molar-refractivity contribution in [3.63, 3.8) is 0 Å². The molecule has 0 amide bonds. The molecule has 3 aromatic rings. The van der Waals surface area contributed by atoms with Crippen molar-refractivity contribution in [1.82, 2.24) is 14.3 Å². The van der Waals surface area contributed by atoms with Crippen molar-refractivity contribution in [2.45, 2.75) is 53.1 Å². The van der Waals surface area contributed by atoms with Crippen molar-refractivity contribution < 1.29 is 14.3 Å². The van der Waals surface area contributed by atoms with Crippen LogP contribution in [0.1, 0.15) is 56.9 Å². The Hall–Kier alpha value is -2.93. The highest BCUT2D eigenvalue weighted by atomic mass is 16.5. The maximum Gasteiger partial charge on any atom is 0.193 e. The monoisotopic (exact) mass is 449 g/mol. The van der Waals surface area contributed by atoms with Gasteiger partial charge in [0.1, 0.15) is 11.3 Å². The molecule has 174 valence electrons.